The Morgan fingerprint density at radius 3 is 2.52 bits per heavy atom. The number of ether oxygens (including phenoxy) is 2. The van der Waals surface area contributed by atoms with Crippen molar-refractivity contribution in [1.82, 2.24) is 10.2 Å². The van der Waals surface area contributed by atoms with E-state index in [1.165, 1.54) is 31.5 Å². The van der Waals surface area contributed by atoms with Crippen molar-refractivity contribution in [3.8, 4) is 11.5 Å². The molecule has 0 amide bonds. The fourth-order valence-electron chi connectivity index (χ4n) is 2.75. The Morgan fingerprint density at radius 2 is 1.86 bits per heavy atom. The summed E-state index contributed by atoms with van der Waals surface area (Å²) in [5, 5.41) is 3.51. The van der Waals surface area contributed by atoms with Crippen LogP contribution in [0.3, 0.4) is 0 Å². The van der Waals surface area contributed by atoms with Crippen molar-refractivity contribution in [2.24, 2.45) is 5.92 Å². The van der Waals surface area contributed by atoms with Crippen molar-refractivity contribution in [3.63, 3.8) is 0 Å². The molecule has 1 fully saturated rings. The number of piperidine rings is 1. The van der Waals surface area contributed by atoms with Crippen molar-refractivity contribution >= 4 is 0 Å². The van der Waals surface area contributed by atoms with Crippen molar-refractivity contribution in [1.29, 1.82) is 0 Å². The van der Waals surface area contributed by atoms with E-state index in [1.54, 1.807) is 14.2 Å². The summed E-state index contributed by atoms with van der Waals surface area (Å²) >= 11 is 0. The second kappa shape index (κ2) is 8.25. The first-order valence-electron chi connectivity index (χ1n) is 7.87. The maximum Gasteiger partial charge on any atom is 0.161 e. The first-order valence-corrected chi connectivity index (χ1v) is 7.87. The molecule has 1 N–H and O–H groups in total. The Hall–Kier alpha value is -1.26. The van der Waals surface area contributed by atoms with Gasteiger partial charge in [-0.2, -0.15) is 0 Å². The first kappa shape index (κ1) is 16.1. The van der Waals surface area contributed by atoms with E-state index in [4.69, 9.17) is 9.47 Å². The number of methoxy groups -OCH3 is 2. The van der Waals surface area contributed by atoms with Crippen molar-refractivity contribution in [2.75, 3.05) is 40.4 Å². The van der Waals surface area contributed by atoms with Gasteiger partial charge in [-0.1, -0.05) is 13.0 Å². The SMILES string of the molecule is COc1ccc(CNCCN2CCC(C)CC2)cc1OC. The number of nitrogens with one attached hydrogen (secondary N) is 1. The van der Waals surface area contributed by atoms with Gasteiger partial charge >= 0.3 is 0 Å². The number of rotatable bonds is 7. The average Bonchev–Trinajstić information content (AvgIpc) is 2.53. The zero-order chi connectivity index (χ0) is 15.1. The molecule has 0 atom stereocenters. The summed E-state index contributed by atoms with van der Waals surface area (Å²) in [7, 11) is 3.33. The minimum absolute atomic E-state index is 0.781. The molecule has 1 aliphatic rings. The van der Waals surface area contributed by atoms with Gasteiger partial charge in [-0.3, -0.25) is 0 Å². The van der Waals surface area contributed by atoms with E-state index in [0.717, 1.165) is 37.1 Å². The first-order chi connectivity index (χ1) is 10.2. The minimum atomic E-state index is 0.781. The predicted octanol–water partition coefficient (Wildman–Crippen LogP) is 2.53. The van der Waals surface area contributed by atoms with E-state index in [1.807, 2.05) is 12.1 Å². The molecule has 0 radical (unpaired) electrons. The molecule has 0 spiro atoms. The summed E-state index contributed by atoms with van der Waals surface area (Å²) in [5.41, 5.74) is 1.22. The van der Waals surface area contributed by atoms with Gasteiger partial charge in [0.1, 0.15) is 0 Å². The highest BCUT2D eigenvalue weighted by molar-refractivity contribution is 5.42. The van der Waals surface area contributed by atoms with Crippen molar-refractivity contribution in [3.05, 3.63) is 23.8 Å². The maximum atomic E-state index is 5.33. The molecule has 0 aromatic heterocycles. The van der Waals surface area contributed by atoms with Gasteiger partial charge in [-0.05, 0) is 49.5 Å². The quantitative estimate of drug-likeness (QED) is 0.783. The standard InChI is InChI=1S/C17H28N2O2/c1-14-6-9-19(10-7-14)11-8-18-13-15-4-5-16(20-2)17(12-15)21-3/h4-5,12,14,18H,6-11,13H2,1-3H3. The zero-order valence-electron chi connectivity index (χ0n) is 13.5. The molecule has 21 heavy (non-hydrogen) atoms. The highest BCUT2D eigenvalue weighted by atomic mass is 16.5. The highest BCUT2D eigenvalue weighted by Gasteiger charge is 2.14. The van der Waals surface area contributed by atoms with Gasteiger partial charge in [0.25, 0.3) is 0 Å². The zero-order valence-corrected chi connectivity index (χ0v) is 13.5. The third kappa shape index (κ3) is 4.90. The molecule has 0 unspecified atom stereocenters. The van der Waals surface area contributed by atoms with Gasteiger partial charge in [0, 0.05) is 19.6 Å². The van der Waals surface area contributed by atoms with E-state index >= 15 is 0 Å². The molecule has 0 aliphatic carbocycles. The van der Waals surface area contributed by atoms with E-state index in [-0.39, 0.29) is 0 Å². The molecule has 118 valence electrons. The molecule has 4 heteroatoms. The fraction of sp³-hybridized carbons (Fsp3) is 0.647. The van der Waals surface area contributed by atoms with Crippen LogP contribution in [0, 0.1) is 5.92 Å². The lowest BCUT2D eigenvalue weighted by Gasteiger charge is -2.30. The third-order valence-electron chi connectivity index (χ3n) is 4.26. The van der Waals surface area contributed by atoms with Crippen LogP contribution in [-0.2, 0) is 6.54 Å². The van der Waals surface area contributed by atoms with E-state index in [2.05, 4.69) is 23.2 Å². The summed E-state index contributed by atoms with van der Waals surface area (Å²) in [6, 6.07) is 6.08. The number of benzene rings is 1. The number of hydrogen-bond donors (Lipinski definition) is 1. The van der Waals surface area contributed by atoms with Crippen LogP contribution in [0.5, 0.6) is 11.5 Å². The minimum Gasteiger partial charge on any atom is -0.493 e. The fourth-order valence-corrected chi connectivity index (χ4v) is 2.75. The Kier molecular flexibility index (Phi) is 6.33. The lowest BCUT2D eigenvalue weighted by atomic mass is 9.99. The van der Waals surface area contributed by atoms with Crippen LogP contribution in [0.2, 0.25) is 0 Å². The molecule has 1 saturated heterocycles. The van der Waals surface area contributed by atoms with Gasteiger partial charge in [-0.25, -0.2) is 0 Å². The molecule has 2 rings (SSSR count). The topological polar surface area (TPSA) is 33.7 Å². The van der Waals surface area contributed by atoms with E-state index in [9.17, 15) is 0 Å². The summed E-state index contributed by atoms with van der Waals surface area (Å²) in [5.74, 6) is 2.48. The highest BCUT2D eigenvalue weighted by Crippen LogP contribution is 2.27. The van der Waals surface area contributed by atoms with Crippen LogP contribution >= 0.6 is 0 Å². The van der Waals surface area contributed by atoms with Crippen LogP contribution in [0.15, 0.2) is 18.2 Å². The van der Waals surface area contributed by atoms with Gasteiger partial charge in [0.05, 0.1) is 14.2 Å². The molecule has 0 bridgehead atoms. The molecule has 1 aliphatic heterocycles. The summed E-state index contributed by atoms with van der Waals surface area (Å²) in [6.45, 7) is 7.89. The van der Waals surface area contributed by atoms with Gasteiger partial charge < -0.3 is 19.7 Å². The predicted molar refractivity (Wildman–Crippen MR) is 86.1 cm³/mol. The molecule has 4 nitrogen and oxygen atoms in total. The van der Waals surface area contributed by atoms with Gasteiger partial charge in [0.2, 0.25) is 0 Å². The third-order valence-corrected chi connectivity index (χ3v) is 4.26. The van der Waals surface area contributed by atoms with Crippen molar-refractivity contribution < 1.29 is 9.47 Å². The van der Waals surface area contributed by atoms with E-state index in [0.29, 0.717) is 0 Å². The molecule has 1 aromatic rings. The Bertz CT molecular complexity index is 429. The Balaban J connectivity index is 1.71. The Labute approximate surface area is 128 Å². The van der Waals surface area contributed by atoms with Gasteiger partial charge in [-0.15, -0.1) is 0 Å². The van der Waals surface area contributed by atoms with Crippen molar-refractivity contribution in [2.45, 2.75) is 26.3 Å². The largest absolute Gasteiger partial charge is 0.493 e. The molecular formula is C17H28N2O2. The molecule has 1 aromatic carbocycles. The van der Waals surface area contributed by atoms with Gasteiger partial charge in [0.15, 0.2) is 11.5 Å². The van der Waals surface area contributed by atoms with Crippen LogP contribution in [0.25, 0.3) is 0 Å². The van der Waals surface area contributed by atoms with Crippen LogP contribution in [0.4, 0.5) is 0 Å². The summed E-state index contributed by atoms with van der Waals surface area (Å²) in [6.07, 6.45) is 2.69. The second-order valence-electron chi connectivity index (χ2n) is 5.89. The molecule has 1 heterocycles. The average molecular weight is 292 g/mol. The lowest BCUT2D eigenvalue weighted by Crippen LogP contribution is -2.37. The number of hydrogen-bond acceptors (Lipinski definition) is 4. The van der Waals surface area contributed by atoms with E-state index < -0.39 is 0 Å². The number of likely N-dealkylation sites (tertiary alicyclic amines) is 1. The summed E-state index contributed by atoms with van der Waals surface area (Å²) in [4.78, 5) is 2.56. The normalized spacial score (nSPS) is 16.9. The van der Waals surface area contributed by atoms with Crippen LogP contribution in [0.1, 0.15) is 25.3 Å². The smallest absolute Gasteiger partial charge is 0.161 e. The molecular weight excluding hydrogens is 264 g/mol. The number of nitrogens with zero attached hydrogens (tertiary/aromatic N) is 1. The summed E-state index contributed by atoms with van der Waals surface area (Å²) < 4.78 is 10.6. The maximum absolute atomic E-state index is 5.33. The second-order valence-corrected chi connectivity index (χ2v) is 5.89. The molecule has 0 saturated carbocycles. The van der Waals surface area contributed by atoms with Crippen LogP contribution < -0.4 is 14.8 Å². The lowest BCUT2D eigenvalue weighted by molar-refractivity contribution is 0.193. The Morgan fingerprint density at radius 1 is 1.14 bits per heavy atom. The monoisotopic (exact) mass is 292 g/mol. The van der Waals surface area contributed by atoms with Crippen LogP contribution in [-0.4, -0.2) is 45.3 Å².